The average molecular weight is 380 g/mol. The van der Waals surface area contributed by atoms with Crippen LogP contribution < -0.4 is 5.73 Å². The molecule has 2 aromatic rings. The molecule has 3 rings (SSSR count). The minimum Gasteiger partial charge on any atom is -0.341 e. The number of aryl methyl sites for hydroxylation is 1. The molecule has 1 heterocycles. The van der Waals surface area contributed by atoms with Gasteiger partial charge in [0.25, 0.3) is 0 Å². The smallest absolute Gasteiger partial charge is 0.236 e. The fraction of sp³-hybridized carbons (Fsp3) is 0.391. The molecule has 0 saturated carbocycles. The molecule has 0 spiro atoms. The molecular weight excluding hydrogens is 350 g/mol. The second-order valence-electron chi connectivity index (χ2n) is 7.39. The summed E-state index contributed by atoms with van der Waals surface area (Å²) in [4.78, 5) is 28.9. The van der Waals surface area contributed by atoms with E-state index >= 15 is 0 Å². The minimum atomic E-state index is -0.260. The molecule has 0 radical (unpaired) electrons. The van der Waals surface area contributed by atoms with Crippen LogP contribution >= 0.6 is 0 Å². The van der Waals surface area contributed by atoms with Gasteiger partial charge >= 0.3 is 0 Å². The van der Waals surface area contributed by atoms with Crippen molar-refractivity contribution in [2.75, 3.05) is 32.7 Å². The Morgan fingerprint density at radius 2 is 1.82 bits per heavy atom. The molecule has 1 fully saturated rings. The summed E-state index contributed by atoms with van der Waals surface area (Å²) >= 11 is 0. The Kier molecular flexibility index (Phi) is 6.47. The summed E-state index contributed by atoms with van der Waals surface area (Å²) in [5.41, 5.74) is 10.2. The Labute approximate surface area is 167 Å². The summed E-state index contributed by atoms with van der Waals surface area (Å²) < 4.78 is 0. The Morgan fingerprint density at radius 3 is 2.50 bits per heavy atom. The summed E-state index contributed by atoms with van der Waals surface area (Å²) in [6.45, 7) is 6.22. The molecule has 0 unspecified atom stereocenters. The molecule has 0 aromatic heterocycles. The van der Waals surface area contributed by atoms with E-state index in [0.717, 1.165) is 16.7 Å². The monoisotopic (exact) mass is 379 g/mol. The topological polar surface area (TPSA) is 66.6 Å². The number of likely N-dealkylation sites (N-methyl/N-ethyl adjacent to an activating group) is 1. The molecule has 5 heteroatoms. The van der Waals surface area contributed by atoms with E-state index in [1.54, 1.807) is 4.90 Å². The van der Waals surface area contributed by atoms with E-state index < -0.39 is 0 Å². The summed E-state index contributed by atoms with van der Waals surface area (Å²) in [5, 5.41) is 0. The van der Waals surface area contributed by atoms with Crippen molar-refractivity contribution in [3.05, 3.63) is 59.7 Å². The highest BCUT2D eigenvalue weighted by molar-refractivity contribution is 5.83. The van der Waals surface area contributed by atoms with E-state index in [1.165, 1.54) is 5.56 Å². The highest BCUT2D eigenvalue weighted by atomic mass is 16.2. The van der Waals surface area contributed by atoms with Crippen LogP contribution in [-0.4, -0.2) is 54.3 Å². The number of rotatable bonds is 5. The Morgan fingerprint density at radius 1 is 1.11 bits per heavy atom. The van der Waals surface area contributed by atoms with Crippen LogP contribution in [-0.2, 0) is 16.0 Å². The fourth-order valence-electron chi connectivity index (χ4n) is 3.85. The van der Waals surface area contributed by atoms with Crippen LogP contribution in [0.15, 0.2) is 48.5 Å². The highest BCUT2D eigenvalue weighted by Gasteiger charge is 2.31. The first-order chi connectivity index (χ1) is 13.5. The van der Waals surface area contributed by atoms with Crippen LogP contribution in [0.5, 0.6) is 0 Å². The third-order valence-corrected chi connectivity index (χ3v) is 5.50. The molecule has 2 aromatic carbocycles. The van der Waals surface area contributed by atoms with Gasteiger partial charge in [-0.2, -0.15) is 0 Å². The third kappa shape index (κ3) is 4.42. The lowest BCUT2D eigenvalue weighted by Crippen LogP contribution is -2.40. The van der Waals surface area contributed by atoms with Crippen LogP contribution in [0, 0.1) is 12.8 Å². The standard InChI is InChI=1S/C23H29N3O2/c1-3-25-12-13-26(22(27)15-24)16-20(23(25)28)14-19-6-4-5-7-21(19)18-10-8-17(2)9-11-18/h4-11,20H,3,12-16,24H2,1-2H3/t20-/m1/s1. The largest absolute Gasteiger partial charge is 0.341 e. The van der Waals surface area contributed by atoms with Gasteiger partial charge in [0.05, 0.1) is 12.5 Å². The second kappa shape index (κ2) is 9.02. The molecule has 1 aliphatic heterocycles. The Balaban J connectivity index is 1.91. The predicted octanol–water partition coefficient (Wildman–Crippen LogP) is 2.47. The first kappa shape index (κ1) is 20.1. The van der Waals surface area contributed by atoms with Gasteiger partial charge in [-0.15, -0.1) is 0 Å². The average Bonchev–Trinajstić information content (AvgIpc) is 2.87. The van der Waals surface area contributed by atoms with Crippen molar-refractivity contribution in [3.63, 3.8) is 0 Å². The van der Waals surface area contributed by atoms with Crippen LogP contribution in [0.25, 0.3) is 11.1 Å². The van der Waals surface area contributed by atoms with Gasteiger partial charge in [0.1, 0.15) is 0 Å². The highest BCUT2D eigenvalue weighted by Crippen LogP contribution is 2.27. The van der Waals surface area contributed by atoms with Gasteiger partial charge in [0.2, 0.25) is 11.8 Å². The summed E-state index contributed by atoms with van der Waals surface area (Å²) in [6, 6.07) is 16.6. The number of hydrogen-bond donors (Lipinski definition) is 1. The van der Waals surface area contributed by atoms with Crippen molar-refractivity contribution in [3.8, 4) is 11.1 Å². The first-order valence-corrected chi connectivity index (χ1v) is 9.95. The first-order valence-electron chi connectivity index (χ1n) is 9.95. The summed E-state index contributed by atoms with van der Waals surface area (Å²) in [6.07, 6.45) is 0.605. The van der Waals surface area contributed by atoms with Crippen LogP contribution in [0.4, 0.5) is 0 Å². The van der Waals surface area contributed by atoms with Gasteiger partial charge in [-0.3, -0.25) is 9.59 Å². The van der Waals surface area contributed by atoms with Crippen molar-refractivity contribution < 1.29 is 9.59 Å². The van der Waals surface area contributed by atoms with E-state index in [4.69, 9.17) is 5.73 Å². The maximum absolute atomic E-state index is 13.1. The van der Waals surface area contributed by atoms with Crippen LogP contribution in [0.1, 0.15) is 18.1 Å². The van der Waals surface area contributed by atoms with Gasteiger partial charge in [0.15, 0.2) is 0 Å². The molecule has 5 nitrogen and oxygen atoms in total. The van der Waals surface area contributed by atoms with Gasteiger partial charge in [-0.1, -0.05) is 54.1 Å². The quantitative estimate of drug-likeness (QED) is 0.868. The zero-order chi connectivity index (χ0) is 20.1. The number of nitrogens with zero attached hydrogens (tertiary/aromatic N) is 2. The second-order valence-corrected chi connectivity index (χ2v) is 7.39. The normalized spacial score (nSPS) is 17.5. The van der Waals surface area contributed by atoms with Crippen molar-refractivity contribution in [2.24, 2.45) is 11.7 Å². The van der Waals surface area contributed by atoms with E-state index in [0.29, 0.717) is 32.6 Å². The van der Waals surface area contributed by atoms with Crippen molar-refractivity contribution >= 4 is 11.8 Å². The summed E-state index contributed by atoms with van der Waals surface area (Å²) in [5.74, 6) is -0.236. The number of amides is 2. The van der Waals surface area contributed by atoms with Crippen molar-refractivity contribution in [2.45, 2.75) is 20.3 Å². The molecule has 1 atom stereocenters. The van der Waals surface area contributed by atoms with Gasteiger partial charge in [-0.25, -0.2) is 0 Å². The van der Waals surface area contributed by atoms with Gasteiger partial charge < -0.3 is 15.5 Å². The molecule has 0 aliphatic carbocycles. The Bertz CT molecular complexity index is 832. The predicted molar refractivity (Wildman–Crippen MR) is 112 cm³/mol. The molecule has 148 valence electrons. The van der Waals surface area contributed by atoms with Gasteiger partial charge in [-0.05, 0) is 37.0 Å². The minimum absolute atomic E-state index is 0.0208. The summed E-state index contributed by atoms with van der Waals surface area (Å²) in [7, 11) is 0. The fourth-order valence-corrected chi connectivity index (χ4v) is 3.85. The lowest BCUT2D eigenvalue weighted by Gasteiger charge is -2.24. The number of carbonyl (C=O) groups is 2. The Hall–Kier alpha value is -2.66. The zero-order valence-electron chi connectivity index (χ0n) is 16.7. The zero-order valence-corrected chi connectivity index (χ0v) is 16.7. The van der Waals surface area contributed by atoms with E-state index in [9.17, 15) is 9.59 Å². The molecule has 1 aliphatic rings. The molecule has 2 N–H and O–H groups in total. The SMILES string of the molecule is CCN1CCN(C(=O)CN)C[C@@H](Cc2ccccc2-c2ccc(C)cc2)C1=O. The van der Waals surface area contributed by atoms with E-state index in [1.807, 2.05) is 24.0 Å². The third-order valence-electron chi connectivity index (χ3n) is 5.50. The molecule has 2 amide bonds. The molecular formula is C23H29N3O2. The number of carbonyl (C=O) groups excluding carboxylic acids is 2. The molecule has 0 bridgehead atoms. The van der Waals surface area contributed by atoms with E-state index in [-0.39, 0.29) is 24.3 Å². The number of hydrogen-bond acceptors (Lipinski definition) is 3. The molecule has 1 saturated heterocycles. The number of nitrogens with two attached hydrogens (primary N) is 1. The van der Waals surface area contributed by atoms with Crippen molar-refractivity contribution in [1.29, 1.82) is 0 Å². The maximum Gasteiger partial charge on any atom is 0.236 e. The van der Waals surface area contributed by atoms with Gasteiger partial charge in [0, 0.05) is 26.2 Å². The van der Waals surface area contributed by atoms with Crippen LogP contribution in [0.2, 0.25) is 0 Å². The van der Waals surface area contributed by atoms with Crippen LogP contribution in [0.3, 0.4) is 0 Å². The lowest BCUT2D eigenvalue weighted by molar-refractivity contribution is -0.134. The molecule has 28 heavy (non-hydrogen) atoms. The number of benzene rings is 2. The lowest BCUT2D eigenvalue weighted by atomic mass is 9.91. The van der Waals surface area contributed by atoms with E-state index in [2.05, 4.69) is 43.3 Å². The van der Waals surface area contributed by atoms with Crippen molar-refractivity contribution in [1.82, 2.24) is 9.80 Å². The maximum atomic E-state index is 13.1.